The Morgan fingerprint density at radius 1 is 1.25 bits per heavy atom. The molecule has 0 unspecified atom stereocenters. The zero-order valence-corrected chi connectivity index (χ0v) is 13.6. The van der Waals surface area contributed by atoms with Crippen LogP contribution in [0.25, 0.3) is 0 Å². The highest BCUT2D eigenvalue weighted by molar-refractivity contribution is 7.89. The van der Waals surface area contributed by atoms with Crippen molar-refractivity contribution < 1.29 is 18.1 Å². The Hall–Kier alpha value is -2.94. The van der Waals surface area contributed by atoms with E-state index in [4.69, 9.17) is 4.74 Å². The highest BCUT2D eigenvalue weighted by atomic mass is 32.2. The van der Waals surface area contributed by atoms with E-state index < -0.39 is 14.9 Å². The molecule has 0 radical (unpaired) electrons. The van der Waals surface area contributed by atoms with Gasteiger partial charge in [0.1, 0.15) is 5.75 Å². The van der Waals surface area contributed by atoms with E-state index in [2.05, 4.69) is 5.10 Å². The number of nitro benzene ring substituents is 1. The minimum atomic E-state index is -3.99. The summed E-state index contributed by atoms with van der Waals surface area (Å²) < 4.78 is 29.5. The zero-order valence-electron chi connectivity index (χ0n) is 12.7. The molecule has 0 saturated heterocycles. The molecule has 0 amide bonds. The first-order valence-corrected chi connectivity index (χ1v) is 8.43. The van der Waals surface area contributed by atoms with Crippen molar-refractivity contribution in [3.8, 4) is 5.75 Å². The number of nitrogens with one attached hydrogen (secondary N) is 1. The highest BCUT2D eigenvalue weighted by Gasteiger charge is 2.16. The number of hydrogen-bond acceptors (Lipinski definition) is 6. The minimum absolute atomic E-state index is 0.239. The van der Waals surface area contributed by atoms with Crippen LogP contribution in [0.5, 0.6) is 5.75 Å². The van der Waals surface area contributed by atoms with Gasteiger partial charge in [0.25, 0.3) is 15.7 Å². The molecule has 2 aromatic carbocycles. The van der Waals surface area contributed by atoms with Gasteiger partial charge >= 0.3 is 0 Å². The van der Waals surface area contributed by atoms with Crippen LogP contribution in [0.3, 0.4) is 0 Å². The maximum absolute atomic E-state index is 12.1. The summed E-state index contributed by atoms with van der Waals surface area (Å²) in [5, 5.41) is 14.4. The second-order valence-corrected chi connectivity index (χ2v) is 6.27. The highest BCUT2D eigenvalue weighted by Crippen LogP contribution is 2.17. The zero-order chi connectivity index (χ0) is 17.6. The number of non-ortho nitro benzene ring substituents is 1. The number of hydrogen-bond donors (Lipinski definition) is 1. The first kappa shape index (κ1) is 17.4. The van der Waals surface area contributed by atoms with Crippen LogP contribution in [0, 0.1) is 10.1 Å². The van der Waals surface area contributed by atoms with E-state index in [1.807, 2.05) is 11.8 Å². The van der Waals surface area contributed by atoms with E-state index in [0.717, 1.165) is 6.07 Å². The summed E-state index contributed by atoms with van der Waals surface area (Å²) in [5.41, 5.74) is 0.328. The Morgan fingerprint density at radius 3 is 2.71 bits per heavy atom. The van der Waals surface area contributed by atoms with Gasteiger partial charge in [0.05, 0.1) is 22.6 Å². The van der Waals surface area contributed by atoms with Gasteiger partial charge in [0.2, 0.25) is 0 Å². The Kier molecular flexibility index (Phi) is 5.48. The van der Waals surface area contributed by atoms with Crippen molar-refractivity contribution in [2.75, 3.05) is 6.61 Å². The number of hydrazone groups is 1. The molecular weight excluding hydrogens is 334 g/mol. The van der Waals surface area contributed by atoms with Gasteiger partial charge in [0.15, 0.2) is 0 Å². The molecule has 0 bridgehead atoms. The average molecular weight is 349 g/mol. The third-order valence-corrected chi connectivity index (χ3v) is 4.11. The molecule has 126 valence electrons. The summed E-state index contributed by atoms with van der Waals surface area (Å²) in [7, 11) is -3.99. The Morgan fingerprint density at radius 2 is 2.00 bits per heavy atom. The van der Waals surface area contributed by atoms with Gasteiger partial charge < -0.3 is 4.74 Å². The number of ether oxygens (including phenoxy) is 1. The van der Waals surface area contributed by atoms with E-state index >= 15 is 0 Å². The molecule has 9 heteroatoms. The van der Waals surface area contributed by atoms with Crippen LogP contribution in [-0.4, -0.2) is 26.2 Å². The lowest BCUT2D eigenvalue weighted by molar-refractivity contribution is -0.385. The second-order valence-electron chi connectivity index (χ2n) is 4.61. The van der Waals surface area contributed by atoms with Crippen molar-refractivity contribution in [3.05, 3.63) is 64.2 Å². The third-order valence-electron chi connectivity index (χ3n) is 2.89. The molecule has 2 rings (SSSR count). The molecule has 1 N–H and O–H groups in total. The van der Waals surface area contributed by atoms with Gasteiger partial charge in [-0.25, -0.2) is 4.83 Å². The quantitative estimate of drug-likeness (QED) is 0.468. The molecule has 8 nitrogen and oxygen atoms in total. The summed E-state index contributed by atoms with van der Waals surface area (Å²) in [6.45, 7) is 2.37. The number of nitro groups is 1. The van der Waals surface area contributed by atoms with Gasteiger partial charge in [-0.1, -0.05) is 18.2 Å². The smallest absolute Gasteiger partial charge is 0.276 e. The van der Waals surface area contributed by atoms with Crippen molar-refractivity contribution in [3.63, 3.8) is 0 Å². The monoisotopic (exact) mass is 349 g/mol. The fourth-order valence-corrected chi connectivity index (χ4v) is 2.67. The molecule has 0 heterocycles. The molecule has 0 atom stereocenters. The second kappa shape index (κ2) is 7.55. The van der Waals surface area contributed by atoms with E-state index in [1.165, 1.54) is 24.4 Å². The standard InChI is InChI=1S/C15H15N3O5S/c1-2-23-14-7-3-5-12(9-14)11-16-17-24(21,22)15-8-4-6-13(10-15)18(19)20/h3-11,17H,2H2,1H3/b16-11+. The van der Waals surface area contributed by atoms with Gasteiger partial charge in [-0.05, 0) is 30.7 Å². The summed E-state index contributed by atoms with van der Waals surface area (Å²) >= 11 is 0. The van der Waals surface area contributed by atoms with Gasteiger partial charge in [-0.3, -0.25) is 10.1 Å². The van der Waals surface area contributed by atoms with Crippen LogP contribution >= 0.6 is 0 Å². The van der Waals surface area contributed by atoms with E-state index in [9.17, 15) is 18.5 Å². The van der Waals surface area contributed by atoms with Crippen LogP contribution < -0.4 is 9.57 Å². The fraction of sp³-hybridized carbons (Fsp3) is 0.133. The van der Waals surface area contributed by atoms with E-state index in [0.29, 0.717) is 17.9 Å². The van der Waals surface area contributed by atoms with E-state index in [1.54, 1.807) is 24.3 Å². The normalized spacial score (nSPS) is 11.4. The van der Waals surface area contributed by atoms with Crippen molar-refractivity contribution >= 4 is 21.9 Å². The Balaban J connectivity index is 2.14. The van der Waals surface area contributed by atoms with Crippen LogP contribution in [0.1, 0.15) is 12.5 Å². The molecule has 0 aromatic heterocycles. The van der Waals surface area contributed by atoms with Crippen molar-refractivity contribution in [2.45, 2.75) is 11.8 Å². The number of sulfonamides is 1. The first-order chi connectivity index (χ1) is 11.4. The van der Waals surface area contributed by atoms with Gasteiger partial charge in [0, 0.05) is 12.1 Å². The average Bonchev–Trinajstić information content (AvgIpc) is 2.55. The molecule has 0 aliphatic carbocycles. The van der Waals surface area contributed by atoms with Crippen LogP contribution in [-0.2, 0) is 10.0 Å². The van der Waals surface area contributed by atoms with Crippen LogP contribution in [0.4, 0.5) is 5.69 Å². The molecular formula is C15H15N3O5S. The lowest BCUT2D eigenvalue weighted by Crippen LogP contribution is -2.18. The molecule has 0 aliphatic rings. The first-order valence-electron chi connectivity index (χ1n) is 6.94. The van der Waals surface area contributed by atoms with Crippen molar-refractivity contribution in [1.29, 1.82) is 0 Å². The van der Waals surface area contributed by atoms with Crippen molar-refractivity contribution in [1.82, 2.24) is 4.83 Å². The van der Waals surface area contributed by atoms with Crippen molar-refractivity contribution in [2.24, 2.45) is 5.10 Å². The molecule has 24 heavy (non-hydrogen) atoms. The predicted octanol–water partition coefficient (Wildman–Crippen LogP) is 2.31. The lowest BCUT2D eigenvalue weighted by Gasteiger charge is -2.04. The third kappa shape index (κ3) is 4.53. The maximum atomic E-state index is 12.1. The fourth-order valence-electron chi connectivity index (χ4n) is 1.84. The van der Waals surface area contributed by atoms with Gasteiger partial charge in [-0.2, -0.15) is 13.5 Å². The number of benzene rings is 2. The topological polar surface area (TPSA) is 111 Å². The Labute approximate surface area is 139 Å². The van der Waals surface area contributed by atoms with Gasteiger partial charge in [-0.15, -0.1) is 0 Å². The molecule has 2 aromatic rings. The minimum Gasteiger partial charge on any atom is -0.494 e. The van der Waals surface area contributed by atoms with E-state index in [-0.39, 0.29) is 10.6 Å². The Bertz CT molecular complexity index is 865. The molecule has 0 saturated carbocycles. The predicted molar refractivity (Wildman–Crippen MR) is 88.6 cm³/mol. The number of nitrogens with zero attached hydrogens (tertiary/aromatic N) is 2. The molecule has 0 fully saturated rings. The maximum Gasteiger partial charge on any atom is 0.276 e. The number of rotatable bonds is 7. The molecule has 0 spiro atoms. The SMILES string of the molecule is CCOc1cccc(/C=N/NS(=O)(=O)c2cccc([N+](=O)[O-])c2)c1. The largest absolute Gasteiger partial charge is 0.494 e. The summed E-state index contributed by atoms with van der Waals surface area (Å²) in [6, 6.07) is 11.7. The molecule has 0 aliphatic heterocycles. The summed E-state index contributed by atoms with van der Waals surface area (Å²) in [6.07, 6.45) is 1.32. The van der Waals surface area contributed by atoms with Crippen LogP contribution in [0.15, 0.2) is 58.5 Å². The summed E-state index contributed by atoms with van der Waals surface area (Å²) in [4.78, 5) is 11.8. The van der Waals surface area contributed by atoms with Crippen LogP contribution in [0.2, 0.25) is 0 Å². The summed E-state index contributed by atoms with van der Waals surface area (Å²) in [5.74, 6) is 0.642. The lowest BCUT2D eigenvalue weighted by atomic mass is 10.2.